The van der Waals surface area contributed by atoms with Crippen molar-refractivity contribution in [2.24, 2.45) is 5.73 Å². The van der Waals surface area contributed by atoms with Gasteiger partial charge in [0.1, 0.15) is 0 Å². The van der Waals surface area contributed by atoms with E-state index >= 15 is 0 Å². The van der Waals surface area contributed by atoms with E-state index < -0.39 is 0 Å². The maximum absolute atomic E-state index is 6.08. The molecule has 0 aromatic carbocycles. The van der Waals surface area contributed by atoms with Gasteiger partial charge in [-0.2, -0.15) is 0 Å². The van der Waals surface area contributed by atoms with Gasteiger partial charge in [-0.25, -0.2) is 4.37 Å². The highest BCUT2D eigenvalue weighted by Gasteiger charge is 2.14. The number of nitrogens with zero attached hydrogens (tertiary/aromatic N) is 1. The zero-order valence-corrected chi connectivity index (χ0v) is 10.4. The molecule has 0 amide bonds. The van der Waals surface area contributed by atoms with Gasteiger partial charge in [0.2, 0.25) is 0 Å². The third-order valence-corrected chi connectivity index (χ3v) is 4.83. The average molecular weight is 322 g/mol. The summed E-state index contributed by atoms with van der Waals surface area (Å²) in [5.41, 5.74) is 6.08. The number of nitrogens with two attached hydrogens (primary N) is 1. The molecule has 1 unspecified atom stereocenters. The van der Waals surface area contributed by atoms with Crippen molar-refractivity contribution in [3.8, 4) is 0 Å². The van der Waals surface area contributed by atoms with Crippen molar-refractivity contribution in [2.75, 3.05) is 0 Å². The van der Waals surface area contributed by atoms with Crippen LogP contribution in [-0.2, 0) is 0 Å². The highest BCUT2D eigenvalue weighted by atomic mass is 127. The van der Waals surface area contributed by atoms with Gasteiger partial charge in [-0.05, 0) is 51.6 Å². The Balaban J connectivity index is 2.33. The minimum absolute atomic E-state index is 0.000556. The molecular formula is C8H7IN2S2. The van der Waals surface area contributed by atoms with E-state index in [2.05, 4.69) is 38.4 Å². The molecule has 0 fully saturated rings. The number of rotatable bonds is 2. The zero-order chi connectivity index (χ0) is 9.26. The van der Waals surface area contributed by atoms with Crippen molar-refractivity contribution in [2.45, 2.75) is 6.04 Å². The summed E-state index contributed by atoms with van der Waals surface area (Å²) >= 11 is 5.48. The highest BCUT2D eigenvalue weighted by molar-refractivity contribution is 14.1. The van der Waals surface area contributed by atoms with Crippen LogP contribution in [0.3, 0.4) is 0 Å². The SMILES string of the molecule is NC(c1ccns1)c1sccc1I. The van der Waals surface area contributed by atoms with E-state index in [-0.39, 0.29) is 6.04 Å². The van der Waals surface area contributed by atoms with E-state index in [0.717, 1.165) is 4.88 Å². The molecule has 0 radical (unpaired) electrons. The summed E-state index contributed by atoms with van der Waals surface area (Å²) in [5, 5.41) is 2.07. The van der Waals surface area contributed by atoms with Crippen molar-refractivity contribution in [3.63, 3.8) is 0 Å². The maximum Gasteiger partial charge on any atom is 0.0766 e. The van der Waals surface area contributed by atoms with E-state index in [4.69, 9.17) is 5.73 Å². The molecule has 1 atom stereocenters. The monoisotopic (exact) mass is 322 g/mol. The lowest BCUT2D eigenvalue weighted by atomic mass is 10.2. The first-order chi connectivity index (χ1) is 6.29. The Labute approximate surface area is 98.1 Å². The standard InChI is InChI=1S/C8H7IN2S2/c9-5-2-4-12-8(5)7(10)6-1-3-11-13-6/h1-4,7H,10H2. The summed E-state index contributed by atoms with van der Waals surface area (Å²) in [6.45, 7) is 0. The Kier molecular flexibility index (Phi) is 2.97. The Morgan fingerprint density at radius 1 is 1.46 bits per heavy atom. The normalized spacial score (nSPS) is 13.1. The first kappa shape index (κ1) is 9.57. The van der Waals surface area contributed by atoms with Gasteiger partial charge in [-0.1, -0.05) is 0 Å². The number of halogens is 1. The number of hydrogen-bond acceptors (Lipinski definition) is 4. The Hall–Kier alpha value is 0.0200. The van der Waals surface area contributed by atoms with E-state index in [1.165, 1.54) is 20.0 Å². The number of thiophene rings is 1. The molecule has 13 heavy (non-hydrogen) atoms. The van der Waals surface area contributed by atoms with Crippen LogP contribution in [0.2, 0.25) is 0 Å². The first-order valence-corrected chi connectivity index (χ1v) is 6.41. The molecule has 2 rings (SSSR count). The number of aromatic nitrogens is 1. The van der Waals surface area contributed by atoms with Crippen molar-refractivity contribution in [1.82, 2.24) is 4.37 Å². The Morgan fingerprint density at radius 3 is 2.85 bits per heavy atom. The van der Waals surface area contributed by atoms with Gasteiger partial charge in [0.05, 0.1) is 6.04 Å². The molecule has 5 heteroatoms. The molecule has 0 aliphatic heterocycles. The molecule has 0 saturated heterocycles. The molecule has 2 aromatic heterocycles. The fraction of sp³-hybridized carbons (Fsp3) is 0.125. The van der Waals surface area contributed by atoms with Crippen LogP contribution in [0.5, 0.6) is 0 Å². The summed E-state index contributed by atoms with van der Waals surface area (Å²) in [6, 6.07) is 4.06. The number of hydrogen-bond donors (Lipinski definition) is 1. The fourth-order valence-corrected chi connectivity index (χ4v) is 3.66. The molecule has 0 aliphatic rings. The highest BCUT2D eigenvalue weighted by Crippen LogP contribution is 2.30. The molecule has 0 spiro atoms. The molecular weight excluding hydrogens is 315 g/mol. The minimum Gasteiger partial charge on any atom is -0.319 e. The van der Waals surface area contributed by atoms with E-state index in [1.54, 1.807) is 17.5 Å². The molecule has 2 heterocycles. The van der Waals surface area contributed by atoms with E-state index in [0.29, 0.717) is 0 Å². The molecule has 0 aliphatic carbocycles. The quantitative estimate of drug-likeness (QED) is 0.864. The van der Waals surface area contributed by atoms with E-state index in [9.17, 15) is 0 Å². The van der Waals surface area contributed by atoms with Gasteiger partial charge in [-0.3, -0.25) is 0 Å². The van der Waals surface area contributed by atoms with Crippen LogP contribution in [0.1, 0.15) is 15.8 Å². The summed E-state index contributed by atoms with van der Waals surface area (Å²) in [6.07, 6.45) is 1.79. The summed E-state index contributed by atoms with van der Waals surface area (Å²) < 4.78 is 5.29. The fourth-order valence-electron chi connectivity index (χ4n) is 1.04. The van der Waals surface area contributed by atoms with Crippen molar-refractivity contribution < 1.29 is 0 Å². The van der Waals surface area contributed by atoms with Crippen molar-refractivity contribution in [1.29, 1.82) is 0 Å². The van der Waals surface area contributed by atoms with Gasteiger partial charge >= 0.3 is 0 Å². The van der Waals surface area contributed by atoms with E-state index in [1.807, 2.05) is 6.07 Å². The Morgan fingerprint density at radius 2 is 2.31 bits per heavy atom. The lowest BCUT2D eigenvalue weighted by Crippen LogP contribution is -2.09. The van der Waals surface area contributed by atoms with Gasteiger partial charge < -0.3 is 5.73 Å². The average Bonchev–Trinajstić information content (AvgIpc) is 2.72. The van der Waals surface area contributed by atoms with Gasteiger partial charge in [0.25, 0.3) is 0 Å². The molecule has 0 saturated carbocycles. The molecule has 68 valence electrons. The summed E-state index contributed by atoms with van der Waals surface area (Å²) in [5.74, 6) is 0. The van der Waals surface area contributed by atoms with Crippen molar-refractivity contribution >= 4 is 45.5 Å². The predicted molar refractivity (Wildman–Crippen MR) is 65.2 cm³/mol. The zero-order valence-electron chi connectivity index (χ0n) is 6.61. The second kappa shape index (κ2) is 4.04. The minimum atomic E-state index is -0.000556. The van der Waals surface area contributed by atoms with Crippen LogP contribution in [0.25, 0.3) is 0 Å². The van der Waals surface area contributed by atoms with Gasteiger partial charge in [0, 0.05) is 19.5 Å². The lowest BCUT2D eigenvalue weighted by molar-refractivity contribution is 0.912. The van der Waals surface area contributed by atoms with Crippen LogP contribution in [-0.4, -0.2) is 4.37 Å². The molecule has 0 bridgehead atoms. The largest absolute Gasteiger partial charge is 0.319 e. The second-order valence-electron chi connectivity index (χ2n) is 2.53. The lowest BCUT2D eigenvalue weighted by Gasteiger charge is -2.06. The maximum atomic E-state index is 6.08. The van der Waals surface area contributed by atoms with Crippen molar-refractivity contribution in [3.05, 3.63) is 37.0 Å². The summed E-state index contributed by atoms with van der Waals surface area (Å²) in [7, 11) is 0. The van der Waals surface area contributed by atoms with Crippen LogP contribution in [0, 0.1) is 3.57 Å². The third kappa shape index (κ3) is 1.93. The second-order valence-corrected chi connectivity index (χ2v) is 5.50. The van der Waals surface area contributed by atoms with Crippen LogP contribution >= 0.6 is 45.5 Å². The first-order valence-electron chi connectivity index (χ1n) is 3.68. The molecule has 2 nitrogen and oxygen atoms in total. The Bertz CT molecular complexity index is 383. The molecule has 2 N–H and O–H groups in total. The van der Waals surface area contributed by atoms with Crippen LogP contribution < -0.4 is 5.73 Å². The van der Waals surface area contributed by atoms with Gasteiger partial charge in [-0.15, -0.1) is 11.3 Å². The smallest absolute Gasteiger partial charge is 0.0766 e. The topological polar surface area (TPSA) is 38.9 Å². The summed E-state index contributed by atoms with van der Waals surface area (Å²) in [4.78, 5) is 2.35. The van der Waals surface area contributed by atoms with Gasteiger partial charge in [0.15, 0.2) is 0 Å². The van der Waals surface area contributed by atoms with Crippen LogP contribution in [0.15, 0.2) is 23.7 Å². The predicted octanol–water partition coefficient (Wildman–Crippen LogP) is 2.86. The van der Waals surface area contributed by atoms with Crippen LogP contribution in [0.4, 0.5) is 0 Å². The third-order valence-electron chi connectivity index (χ3n) is 1.69. The molecule has 2 aromatic rings.